The van der Waals surface area contributed by atoms with Gasteiger partial charge in [-0.3, -0.25) is 25.5 Å². The Morgan fingerprint density at radius 2 is 1.97 bits per heavy atom. The summed E-state index contributed by atoms with van der Waals surface area (Å²) < 4.78 is 37.1. The molecular weight excluding hydrogens is 456 g/mol. The van der Waals surface area contributed by atoms with Crippen LogP contribution in [0.5, 0.6) is 5.88 Å². The second-order valence-electron chi connectivity index (χ2n) is 7.06. The number of carbonyl (C=O) groups is 2. The molecule has 0 aliphatic carbocycles. The number of carbonyl (C=O) groups excluding carboxylic acids is 1. The Morgan fingerprint density at radius 1 is 1.24 bits per heavy atom. The van der Waals surface area contributed by atoms with Crippen molar-refractivity contribution in [2.45, 2.75) is 23.6 Å². The highest BCUT2D eigenvalue weighted by atomic mass is 32.2. The zero-order chi connectivity index (χ0) is 23.7. The molecule has 0 saturated carbocycles. The van der Waals surface area contributed by atoms with Crippen molar-refractivity contribution >= 4 is 21.9 Å². The van der Waals surface area contributed by atoms with Crippen LogP contribution in [0.1, 0.15) is 17.0 Å². The van der Waals surface area contributed by atoms with Gasteiger partial charge in [0.05, 0.1) is 17.6 Å². The summed E-state index contributed by atoms with van der Waals surface area (Å²) in [6.45, 7) is 2.35. The van der Waals surface area contributed by atoms with Crippen LogP contribution in [0.15, 0.2) is 45.8 Å². The van der Waals surface area contributed by atoms with E-state index in [4.69, 9.17) is 9.26 Å². The molecule has 2 heterocycles. The van der Waals surface area contributed by atoms with E-state index in [2.05, 4.69) is 31.1 Å². The molecule has 3 rings (SSSR count). The molecule has 1 unspecified atom stereocenters. The number of ether oxygens (including phenoxy) is 1. The predicted molar refractivity (Wildman–Crippen MR) is 115 cm³/mol. The first-order chi connectivity index (χ1) is 15.8. The molecule has 1 amide bonds. The van der Waals surface area contributed by atoms with E-state index >= 15 is 0 Å². The van der Waals surface area contributed by atoms with Crippen molar-refractivity contribution in [2.24, 2.45) is 0 Å². The molecule has 1 aliphatic rings. The summed E-state index contributed by atoms with van der Waals surface area (Å²) in [5.74, 6) is -2.30. The highest BCUT2D eigenvalue weighted by Crippen LogP contribution is 2.12. The van der Waals surface area contributed by atoms with E-state index in [1.54, 1.807) is 6.07 Å². The van der Waals surface area contributed by atoms with Crippen LogP contribution in [-0.4, -0.2) is 75.7 Å². The standard InChI is InChI=1S/C19H26N6O7S/c26-17(15-11-16(24-32-15)31-10-4-7-20-19-21-8-9-22-19)23-12-14(18(27)28)25-33(29,30)13-5-2-1-3-6-13/h1-3,5-6,11,14,19-22,25H,4,7-10,12H2,(H,23,26)(H,27,28). The van der Waals surface area contributed by atoms with E-state index in [1.165, 1.54) is 30.3 Å². The van der Waals surface area contributed by atoms with Crippen LogP contribution in [0.3, 0.4) is 0 Å². The zero-order valence-electron chi connectivity index (χ0n) is 17.6. The molecular formula is C19H26N6O7S. The van der Waals surface area contributed by atoms with Crippen LogP contribution < -0.4 is 30.7 Å². The summed E-state index contributed by atoms with van der Waals surface area (Å²) in [6, 6.07) is 6.99. The molecule has 14 heteroatoms. The number of amides is 1. The molecule has 1 atom stereocenters. The number of carboxylic acids is 1. The lowest BCUT2D eigenvalue weighted by Gasteiger charge is -2.15. The predicted octanol–water partition coefficient (Wildman–Crippen LogP) is -1.33. The Bertz CT molecular complexity index is 1020. The molecule has 0 spiro atoms. The Hall–Kier alpha value is -3.04. The number of nitrogens with one attached hydrogen (secondary N) is 5. The fourth-order valence-corrected chi connectivity index (χ4v) is 4.11. The highest BCUT2D eigenvalue weighted by molar-refractivity contribution is 7.89. The second kappa shape index (κ2) is 11.7. The van der Waals surface area contributed by atoms with Crippen LogP contribution in [0.2, 0.25) is 0 Å². The first-order valence-electron chi connectivity index (χ1n) is 10.2. The van der Waals surface area contributed by atoms with Crippen molar-refractivity contribution in [2.75, 3.05) is 32.8 Å². The number of hydrogen-bond acceptors (Lipinski definition) is 10. The van der Waals surface area contributed by atoms with Gasteiger partial charge in [-0.25, -0.2) is 8.42 Å². The van der Waals surface area contributed by atoms with Crippen LogP contribution >= 0.6 is 0 Å². The average molecular weight is 483 g/mol. The van der Waals surface area contributed by atoms with Crippen molar-refractivity contribution in [3.05, 3.63) is 42.2 Å². The van der Waals surface area contributed by atoms with Crippen molar-refractivity contribution in [1.29, 1.82) is 0 Å². The molecule has 33 heavy (non-hydrogen) atoms. The quantitative estimate of drug-likeness (QED) is 0.186. The van der Waals surface area contributed by atoms with E-state index in [-0.39, 0.29) is 22.8 Å². The third-order valence-electron chi connectivity index (χ3n) is 4.57. The Morgan fingerprint density at radius 3 is 2.67 bits per heavy atom. The molecule has 0 radical (unpaired) electrons. The lowest BCUT2D eigenvalue weighted by Crippen LogP contribution is -2.48. The molecule has 2 aromatic rings. The van der Waals surface area contributed by atoms with Gasteiger partial charge >= 0.3 is 5.97 Å². The van der Waals surface area contributed by atoms with E-state index in [9.17, 15) is 23.1 Å². The molecule has 0 bridgehead atoms. The third kappa shape index (κ3) is 7.50. The van der Waals surface area contributed by atoms with Gasteiger partial charge in [-0.05, 0) is 23.7 Å². The molecule has 1 aliphatic heterocycles. The number of sulfonamides is 1. The maximum atomic E-state index is 12.3. The molecule has 1 aromatic carbocycles. The van der Waals surface area contributed by atoms with Gasteiger partial charge in [-0.2, -0.15) is 4.72 Å². The van der Waals surface area contributed by atoms with Crippen LogP contribution in [0, 0.1) is 0 Å². The van der Waals surface area contributed by atoms with Crippen LogP contribution in [-0.2, 0) is 14.8 Å². The summed E-state index contributed by atoms with van der Waals surface area (Å²) in [5, 5.41) is 25.0. The molecule has 1 fully saturated rings. The second-order valence-corrected chi connectivity index (χ2v) is 8.78. The van der Waals surface area contributed by atoms with Crippen molar-refractivity contribution in [3.63, 3.8) is 0 Å². The normalized spacial score (nSPS) is 15.3. The highest BCUT2D eigenvalue weighted by Gasteiger charge is 2.26. The molecule has 6 N–H and O–H groups in total. The number of aliphatic carboxylic acids is 1. The number of hydrogen-bond donors (Lipinski definition) is 6. The minimum absolute atomic E-state index is 0.0825. The molecule has 13 nitrogen and oxygen atoms in total. The lowest BCUT2D eigenvalue weighted by atomic mass is 10.3. The average Bonchev–Trinajstić information content (AvgIpc) is 3.49. The Kier molecular flexibility index (Phi) is 8.73. The number of carboxylic acid groups (broad SMARTS) is 1. The topological polar surface area (TPSA) is 184 Å². The lowest BCUT2D eigenvalue weighted by molar-refractivity contribution is -0.138. The number of aromatic nitrogens is 1. The SMILES string of the molecule is O=C(NCC(NS(=O)(=O)c1ccccc1)C(=O)O)c1cc(OCCCNC2NCCN2)no1. The minimum Gasteiger partial charge on any atom is -0.480 e. The van der Waals surface area contributed by atoms with Gasteiger partial charge in [-0.1, -0.05) is 18.2 Å². The van der Waals surface area contributed by atoms with E-state index in [0.29, 0.717) is 19.6 Å². The van der Waals surface area contributed by atoms with Crippen LogP contribution in [0.4, 0.5) is 0 Å². The largest absolute Gasteiger partial charge is 0.480 e. The van der Waals surface area contributed by atoms with Gasteiger partial charge in [0.2, 0.25) is 15.8 Å². The fraction of sp³-hybridized carbons (Fsp3) is 0.421. The maximum Gasteiger partial charge on any atom is 0.323 e. The van der Waals surface area contributed by atoms with Crippen molar-refractivity contribution in [1.82, 2.24) is 31.1 Å². The third-order valence-corrected chi connectivity index (χ3v) is 6.06. The Balaban J connectivity index is 1.44. The van der Waals surface area contributed by atoms with E-state index < -0.39 is 34.5 Å². The number of rotatable bonds is 13. The maximum absolute atomic E-state index is 12.3. The monoisotopic (exact) mass is 482 g/mol. The summed E-state index contributed by atoms with van der Waals surface area (Å²) in [4.78, 5) is 23.6. The van der Waals surface area contributed by atoms with Gasteiger partial charge in [0.1, 0.15) is 12.3 Å². The van der Waals surface area contributed by atoms with Gasteiger partial charge in [-0.15, -0.1) is 0 Å². The first-order valence-corrected chi connectivity index (χ1v) is 11.7. The summed E-state index contributed by atoms with van der Waals surface area (Å²) in [5.41, 5.74) is 0. The van der Waals surface area contributed by atoms with Gasteiger partial charge in [0, 0.05) is 26.2 Å². The Labute approximate surface area is 190 Å². The summed E-state index contributed by atoms with van der Waals surface area (Å²) in [7, 11) is -4.08. The fourth-order valence-electron chi connectivity index (χ4n) is 2.90. The van der Waals surface area contributed by atoms with Crippen molar-refractivity contribution in [3.8, 4) is 5.88 Å². The van der Waals surface area contributed by atoms with E-state index in [0.717, 1.165) is 13.1 Å². The van der Waals surface area contributed by atoms with Gasteiger partial charge < -0.3 is 19.7 Å². The number of nitrogens with zero attached hydrogens (tertiary/aromatic N) is 1. The first kappa shape index (κ1) is 24.6. The van der Waals surface area contributed by atoms with Crippen LogP contribution in [0.25, 0.3) is 0 Å². The summed E-state index contributed by atoms with van der Waals surface area (Å²) >= 11 is 0. The molecule has 1 saturated heterocycles. The van der Waals surface area contributed by atoms with E-state index in [1.807, 2.05) is 0 Å². The molecule has 1 aromatic heterocycles. The van der Waals surface area contributed by atoms with Gasteiger partial charge in [0.25, 0.3) is 11.8 Å². The van der Waals surface area contributed by atoms with Gasteiger partial charge in [0.15, 0.2) is 0 Å². The minimum atomic E-state index is -4.08. The molecule has 180 valence electrons. The zero-order valence-corrected chi connectivity index (χ0v) is 18.4. The smallest absolute Gasteiger partial charge is 0.323 e. The summed E-state index contributed by atoms with van der Waals surface area (Å²) in [6.07, 6.45) is 0.773. The number of benzene rings is 1. The van der Waals surface area contributed by atoms with Crippen molar-refractivity contribution < 1.29 is 32.4 Å².